The zero-order valence-electron chi connectivity index (χ0n) is 17.3. The third-order valence-corrected chi connectivity index (χ3v) is 7.67. The fourth-order valence-corrected chi connectivity index (χ4v) is 5.86. The van der Waals surface area contributed by atoms with Crippen LogP contribution in [0.5, 0.6) is 5.75 Å². The highest BCUT2D eigenvalue weighted by molar-refractivity contribution is 7.18. The minimum Gasteiger partial charge on any atom is -0.494 e. The van der Waals surface area contributed by atoms with Gasteiger partial charge in [-0.1, -0.05) is 12.1 Å². The number of fused-ring (bicyclic) bond motifs is 1. The summed E-state index contributed by atoms with van der Waals surface area (Å²) in [6, 6.07) is 16.1. The van der Waals surface area contributed by atoms with E-state index < -0.39 is 0 Å². The molecular weight excluding hydrogens is 426 g/mol. The maximum absolute atomic E-state index is 13.0. The number of para-hydroxylation sites is 1. The molecule has 0 unspecified atom stereocenters. The average Bonchev–Trinajstić information content (AvgIpc) is 3.47. The van der Waals surface area contributed by atoms with E-state index in [4.69, 9.17) is 9.72 Å². The molecule has 31 heavy (non-hydrogen) atoms. The Morgan fingerprint density at radius 1 is 1.10 bits per heavy atom. The minimum atomic E-state index is 0.0242. The van der Waals surface area contributed by atoms with E-state index >= 15 is 0 Å². The summed E-state index contributed by atoms with van der Waals surface area (Å²) in [5.41, 5.74) is 2.61. The lowest BCUT2D eigenvalue weighted by molar-refractivity contribution is 0.0708. The molecule has 0 radical (unpaired) electrons. The highest BCUT2D eigenvalue weighted by Gasteiger charge is 2.27. The van der Waals surface area contributed by atoms with Gasteiger partial charge in [0, 0.05) is 30.0 Å². The first-order valence-corrected chi connectivity index (χ1v) is 12.2. The van der Waals surface area contributed by atoms with Gasteiger partial charge in [0.1, 0.15) is 16.5 Å². The van der Waals surface area contributed by atoms with E-state index in [1.165, 1.54) is 21.0 Å². The summed E-state index contributed by atoms with van der Waals surface area (Å²) in [4.78, 5) is 24.4. The predicted molar refractivity (Wildman–Crippen MR) is 126 cm³/mol. The van der Waals surface area contributed by atoms with Crippen LogP contribution < -0.4 is 4.74 Å². The van der Waals surface area contributed by atoms with Crippen molar-refractivity contribution in [3.63, 3.8) is 0 Å². The smallest absolute Gasteiger partial charge is 0.273 e. The Morgan fingerprint density at radius 3 is 2.61 bits per heavy atom. The van der Waals surface area contributed by atoms with E-state index in [1.54, 1.807) is 11.3 Å². The van der Waals surface area contributed by atoms with Crippen LogP contribution in [0.1, 0.15) is 41.2 Å². The molecule has 0 saturated carbocycles. The number of piperidine rings is 1. The number of amides is 1. The number of likely N-dealkylation sites (tertiary alicyclic amines) is 1. The second-order valence-corrected chi connectivity index (χ2v) is 9.50. The number of ether oxygens (including phenoxy) is 1. The van der Waals surface area contributed by atoms with Crippen molar-refractivity contribution in [2.24, 2.45) is 0 Å². The summed E-state index contributed by atoms with van der Waals surface area (Å²) in [5.74, 6) is 1.29. The predicted octanol–water partition coefficient (Wildman–Crippen LogP) is 5.84. The van der Waals surface area contributed by atoms with Crippen LogP contribution in [0, 0.1) is 0 Å². The molecule has 1 amide bonds. The van der Waals surface area contributed by atoms with Crippen LogP contribution >= 0.6 is 22.7 Å². The number of benzene rings is 2. The van der Waals surface area contributed by atoms with Crippen LogP contribution in [0.2, 0.25) is 0 Å². The number of hydrogen-bond acceptors (Lipinski definition) is 6. The van der Waals surface area contributed by atoms with Crippen LogP contribution in [0.3, 0.4) is 0 Å². The van der Waals surface area contributed by atoms with Crippen LogP contribution in [0.15, 0.2) is 53.9 Å². The van der Waals surface area contributed by atoms with Crippen LogP contribution in [-0.2, 0) is 0 Å². The topological polar surface area (TPSA) is 55.3 Å². The zero-order chi connectivity index (χ0) is 21.2. The van der Waals surface area contributed by atoms with Crippen molar-refractivity contribution in [1.82, 2.24) is 14.9 Å². The SMILES string of the molecule is CCOc1ccc(-c2nc(C(=O)N3CCC(c4nc5ccccc5s4)CC3)cs2)cc1. The fraction of sp³-hybridized carbons (Fsp3) is 0.292. The second kappa shape index (κ2) is 8.77. The molecule has 3 heterocycles. The van der Waals surface area contributed by atoms with Crippen molar-refractivity contribution >= 4 is 38.8 Å². The highest BCUT2D eigenvalue weighted by Crippen LogP contribution is 2.34. The van der Waals surface area contributed by atoms with Gasteiger partial charge in [0.15, 0.2) is 0 Å². The van der Waals surface area contributed by atoms with Crippen LogP contribution in [-0.4, -0.2) is 40.5 Å². The van der Waals surface area contributed by atoms with Crippen molar-refractivity contribution < 1.29 is 9.53 Å². The van der Waals surface area contributed by atoms with Gasteiger partial charge in [0.2, 0.25) is 0 Å². The van der Waals surface area contributed by atoms with Gasteiger partial charge in [-0.25, -0.2) is 9.97 Å². The molecule has 4 aromatic rings. The molecule has 5 rings (SSSR count). The molecule has 1 saturated heterocycles. The average molecular weight is 450 g/mol. The third kappa shape index (κ3) is 4.20. The van der Waals surface area contributed by atoms with Crippen molar-refractivity contribution in [3.8, 4) is 16.3 Å². The number of aromatic nitrogens is 2. The maximum Gasteiger partial charge on any atom is 0.273 e. The molecule has 2 aromatic heterocycles. The molecule has 1 aliphatic rings. The van der Waals surface area contributed by atoms with Gasteiger partial charge in [-0.2, -0.15) is 0 Å². The molecule has 158 valence electrons. The molecule has 0 bridgehead atoms. The van der Waals surface area contributed by atoms with Gasteiger partial charge in [0.05, 0.1) is 21.8 Å². The Bertz CT molecular complexity index is 1160. The molecule has 0 N–H and O–H groups in total. The molecule has 1 fully saturated rings. The molecule has 5 nitrogen and oxygen atoms in total. The third-order valence-electron chi connectivity index (χ3n) is 5.58. The summed E-state index contributed by atoms with van der Waals surface area (Å²) in [6.45, 7) is 4.10. The monoisotopic (exact) mass is 449 g/mol. The van der Waals surface area contributed by atoms with E-state index in [-0.39, 0.29) is 5.91 Å². The first-order chi connectivity index (χ1) is 15.2. The minimum absolute atomic E-state index is 0.0242. The van der Waals surface area contributed by atoms with Gasteiger partial charge >= 0.3 is 0 Å². The Hall–Kier alpha value is -2.77. The first kappa shape index (κ1) is 20.2. The van der Waals surface area contributed by atoms with Crippen molar-refractivity contribution in [3.05, 3.63) is 64.6 Å². The summed E-state index contributed by atoms with van der Waals surface area (Å²) >= 11 is 3.29. The molecule has 0 aliphatic carbocycles. The lowest BCUT2D eigenvalue weighted by atomic mass is 9.97. The lowest BCUT2D eigenvalue weighted by Crippen LogP contribution is -2.38. The Balaban J connectivity index is 1.23. The van der Waals surface area contributed by atoms with E-state index in [0.29, 0.717) is 18.2 Å². The summed E-state index contributed by atoms with van der Waals surface area (Å²) < 4.78 is 6.73. The van der Waals surface area contributed by atoms with Gasteiger partial charge in [-0.15, -0.1) is 22.7 Å². The summed E-state index contributed by atoms with van der Waals surface area (Å²) in [7, 11) is 0. The highest BCUT2D eigenvalue weighted by atomic mass is 32.1. The van der Waals surface area contributed by atoms with Crippen LogP contribution in [0.4, 0.5) is 0 Å². The van der Waals surface area contributed by atoms with Gasteiger partial charge in [-0.05, 0) is 56.2 Å². The van der Waals surface area contributed by atoms with Gasteiger partial charge < -0.3 is 9.64 Å². The molecule has 7 heteroatoms. The molecule has 0 atom stereocenters. The number of thiazole rings is 2. The Morgan fingerprint density at radius 2 is 1.87 bits per heavy atom. The van der Waals surface area contributed by atoms with E-state index in [9.17, 15) is 4.79 Å². The standard InChI is InChI=1S/C24H23N3O2S2/c1-2-29-18-9-7-16(8-10-18)22-26-20(15-30-22)24(28)27-13-11-17(12-14-27)23-25-19-5-3-4-6-21(19)31-23/h3-10,15,17H,2,11-14H2,1H3. The van der Waals surface area contributed by atoms with Crippen molar-refractivity contribution in [1.29, 1.82) is 0 Å². The van der Waals surface area contributed by atoms with Gasteiger partial charge in [0.25, 0.3) is 5.91 Å². The summed E-state index contributed by atoms with van der Waals surface area (Å²) in [6.07, 6.45) is 1.89. The van der Waals surface area contributed by atoms with Gasteiger partial charge in [-0.3, -0.25) is 4.79 Å². The zero-order valence-corrected chi connectivity index (χ0v) is 18.9. The largest absolute Gasteiger partial charge is 0.494 e. The van der Waals surface area contributed by atoms with E-state index in [1.807, 2.05) is 47.5 Å². The van der Waals surface area contributed by atoms with E-state index in [2.05, 4.69) is 23.2 Å². The Kier molecular flexibility index (Phi) is 5.70. The van der Waals surface area contributed by atoms with Crippen molar-refractivity contribution in [2.45, 2.75) is 25.7 Å². The molecule has 1 aliphatic heterocycles. The number of carbonyl (C=O) groups is 1. The number of carbonyl (C=O) groups excluding carboxylic acids is 1. The number of rotatable bonds is 5. The number of hydrogen-bond donors (Lipinski definition) is 0. The summed E-state index contributed by atoms with van der Waals surface area (Å²) in [5, 5.41) is 3.92. The number of nitrogens with zero attached hydrogens (tertiary/aromatic N) is 3. The molecule has 2 aromatic carbocycles. The van der Waals surface area contributed by atoms with E-state index in [0.717, 1.165) is 47.8 Å². The lowest BCUT2D eigenvalue weighted by Gasteiger charge is -2.30. The fourth-order valence-electron chi connectivity index (χ4n) is 3.92. The molecule has 0 spiro atoms. The second-order valence-electron chi connectivity index (χ2n) is 7.58. The first-order valence-electron chi connectivity index (χ1n) is 10.5. The quantitative estimate of drug-likeness (QED) is 0.384. The Labute approximate surface area is 189 Å². The van der Waals surface area contributed by atoms with Crippen molar-refractivity contribution in [2.75, 3.05) is 19.7 Å². The maximum atomic E-state index is 13.0. The molecular formula is C24H23N3O2S2. The van der Waals surface area contributed by atoms with Crippen LogP contribution in [0.25, 0.3) is 20.8 Å². The normalized spacial score (nSPS) is 14.8.